The van der Waals surface area contributed by atoms with Gasteiger partial charge in [-0.3, -0.25) is 0 Å². The van der Waals surface area contributed by atoms with Crippen molar-refractivity contribution in [2.45, 2.75) is 234 Å². The molecule has 0 saturated heterocycles. The van der Waals surface area contributed by atoms with Crippen molar-refractivity contribution in [1.82, 2.24) is 0 Å². The van der Waals surface area contributed by atoms with Gasteiger partial charge in [0.05, 0.1) is 54.4 Å². The smallest absolute Gasteiger partial charge is 0.508 e. The Labute approximate surface area is 693 Å². The van der Waals surface area contributed by atoms with Crippen LogP contribution in [-0.4, -0.2) is 152 Å². The van der Waals surface area contributed by atoms with E-state index >= 15 is 0 Å². The lowest BCUT2D eigenvalue weighted by Gasteiger charge is -2.28. The third-order valence-corrected chi connectivity index (χ3v) is 19.6. The van der Waals surface area contributed by atoms with Crippen molar-refractivity contribution < 1.29 is 93.2 Å². The zero-order valence-corrected chi connectivity index (χ0v) is 71.0. The molecule has 654 valence electrons. The molecule has 0 radical (unpaired) electrons. The first-order chi connectivity index (χ1) is 48.6. The number of rotatable bonds is 34. The Bertz CT molecular complexity index is 3070. The summed E-state index contributed by atoms with van der Waals surface area (Å²) in [4.78, 5) is 0. The quantitative estimate of drug-likeness (QED) is 0.0295. The molecule has 0 aromatic heterocycles. The Hall–Kier alpha value is -6.20. The summed E-state index contributed by atoms with van der Waals surface area (Å²) in [5.74, 6) is 6.26. The second-order valence-corrected chi connectivity index (χ2v) is 33.2. The third kappa shape index (κ3) is 49.5. The van der Waals surface area contributed by atoms with Gasteiger partial charge >= 0.3 is 17.6 Å². The van der Waals surface area contributed by atoms with Gasteiger partial charge < -0.3 is 93.2 Å². The standard InChI is InChI=1S/C16H28O6Si.2C14H22O3.C14H22O2.C13H22O5Si.C10H14O.8CH4.ClH/c1-6-20-23(21-7-2,22-8-3)13-19-15-10-9-14(12-17-4)11-16(15)18-5;2*1-14(2,3)10-17-12-7-6-11(9-15-4)8-13(12)16-5;1-6-15-11(2)16-13-9-7-12(8-10-13)14(3,4)5;1-6-17-11(2)18-12-7-9-13(10-8-12)19(14-3,15-4)16-5;1-10(2,3)8-4-6-9(11)7-5-8;;;;;;;;;/h9-11H,6-8,12-13H2,1-5H3;2*6-8H,9-10H2,1-5H3;7-11H,6H2,1-5H3;7-11H,6H2,1-5H3;4-7,11H,1-3H3;8*1H4;1H. The molecule has 0 amide bonds. The van der Waals surface area contributed by atoms with Gasteiger partial charge in [0.15, 0.2) is 53.3 Å². The maximum atomic E-state index is 9.02. The molecule has 0 spiro atoms. The molecule has 0 fully saturated rings. The molecule has 23 heteroatoms. The van der Waals surface area contributed by atoms with E-state index in [1.54, 1.807) is 76.1 Å². The number of methoxy groups -OCH3 is 6. The molecular formula is C89H163ClO20Si2. The topological polar surface area (TPSA) is 196 Å². The summed E-state index contributed by atoms with van der Waals surface area (Å²) >= 11 is 0. The van der Waals surface area contributed by atoms with Crippen LogP contribution in [0.5, 0.6) is 51.7 Å². The van der Waals surface area contributed by atoms with E-state index < -0.39 is 17.6 Å². The van der Waals surface area contributed by atoms with E-state index in [-0.39, 0.29) is 112 Å². The van der Waals surface area contributed by atoms with Crippen molar-refractivity contribution in [2.24, 2.45) is 10.8 Å². The van der Waals surface area contributed by atoms with Crippen molar-refractivity contribution in [2.75, 3.05) is 116 Å². The van der Waals surface area contributed by atoms with Crippen LogP contribution in [0.4, 0.5) is 0 Å². The van der Waals surface area contributed by atoms with Gasteiger partial charge in [-0.1, -0.05) is 197 Å². The van der Waals surface area contributed by atoms with Gasteiger partial charge in [0.2, 0.25) is 0 Å². The molecule has 0 aliphatic rings. The number of ether oxygens (including phenoxy) is 13. The van der Waals surface area contributed by atoms with Crippen molar-refractivity contribution in [1.29, 1.82) is 0 Å². The number of aromatic hydroxyl groups is 1. The molecule has 6 rings (SSSR count). The molecule has 2 unspecified atom stereocenters. The molecule has 20 nitrogen and oxygen atoms in total. The molecule has 6 aromatic carbocycles. The summed E-state index contributed by atoms with van der Waals surface area (Å²) in [6.45, 7) is 45.1. The van der Waals surface area contributed by atoms with Crippen LogP contribution >= 0.6 is 12.4 Å². The van der Waals surface area contributed by atoms with E-state index in [0.717, 1.165) is 56.4 Å². The maximum Gasteiger partial charge on any atom is 0.540 e. The van der Waals surface area contributed by atoms with Crippen LogP contribution in [0, 0.1) is 10.8 Å². The van der Waals surface area contributed by atoms with Crippen LogP contribution in [0.25, 0.3) is 0 Å². The summed E-state index contributed by atoms with van der Waals surface area (Å²) in [6, 6.07) is 40.4. The number of phenolic OH excluding ortho intramolecular Hbond substituents is 1. The minimum absolute atomic E-state index is 0. The number of benzene rings is 6. The van der Waals surface area contributed by atoms with Crippen LogP contribution in [0.3, 0.4) is 0 Å². The van der Waals surface area contributed by atoms with Gasteiger partial charge in [0, 0.05) is 80.9 Å². The molecule has 0 aliphatic carbocycles. The number of halogens is 1. The predicted molar refractivity (Wildman–Crippen MR) is 476 cm³/mol. The van der Waals surface area contributed by atoms with Crippen LogP contribution in [0.2, 0.25) is 0 Å². The highest BCUT2D eigenvalue weighted by Crippen LogP contribution is 2.33. The average molecular weight is 1640 g/mol. The first-order valence-electron chi connectivity index (χ1n) is 35.1. The zero-order valence-electron chi connectivity index (χ0n) is 68.2. The summed E-state index contributed by atoms with van der Waals surface area (Å²) in [5, 5.41) is 9.91. The minimum atomic E-state index is -2.85. The van der Waals surface area contributed by atoms with E-state index in [1.165, 1.54) is 11.1 Å². The monoisotopic (exact) mass is 1640 g/mol. The second kappa shape index (κ2) is 65.0. The molecule has 2 atom stereocenters. The van der Waals surface area contributed by atoms with Crippen LogP contribution < -0.4 is 43.1 Å². The highest BCUT2D eigenvalue weighted by atomic mass is 35.5. The Morgan fingerprint density at radius 3 is 0.893 bits per heavy atom. The first kappa shape index (κ1) is 124. The Balaban J connectivity index is -0.000000161. The fraction of sp³-hybridized carbons (Fsp3) is 0.596. The largest absolute Gasteiger partial charge is 0.540 e. The lowest BCUT2D eigenvalue weighted by Crippen LogP contribution is -2.54. The molecule has 0 bridgehead atoms. The summed E-state index contributed by atoms with van der Waals surface area (Å²) < 4.78 is 104. The van der Waals surface area contributed by atoms with E-state index in [4.69, 9.17) is 93.2 Å². The number of phenols is 1. The fourth-order valence-electron chi connectivity index (χ4n) is 9.18. The van der Waals surface area contributed by atoms with Crippen LogP contribution in [0.1, 0.15) is 219 Å². The second-order valence-electron chi connectivity index (χ2n) is 27.8. The fourth-order valence-corrected chi connectivity index (χ4v) is 13.1. The zero-order chi connectivity index (χ0) is 77.9. The van der Waals surface area contributed by atoms with Crippen molar-refractivity contribution in [3.63, 3.8) is 0 Å². The van der Waals surface area contributed by atoms with Gasteiger partial charge in [0.25, 0.3) is 0 Å². The van der Waals surface area contributed by atoms with Gasteiger partial charge in [-0.15, -0.1) is 12.4 Å². The third-order valence-electron chi connectivity index (χ3n) is 14.3. The number of hydrogen-bond acceptors (Lipinski definition) is 20. The molecule has 1 N–H and O–H groups in total. The van der Waals surface area contributed by atoms with E-state index in [2.05, 4.69) is 95.2 Å². The van der Waals surface area contributed by atoms with E-state index in [0.29, 0.717) is 83.3 Å². The highest BCUT2D eigenvalue weighted by molar-refractivity contribution is 6.75. The molecule has 0 saturated carbocycles. The lowest BCUT2D eigenvalue weighted by molar-refractivity contribution is -0.0616. The maximum absolute atomic E-state index is 9.02. The highest BCUT2D eigenvalue weighted by Gasteiger charge is 2.43. The van der Waals surface area contributed by atoms with Gasteiger partial charge in [-0.2, -0.15) is 0 Å². The average Bonchev–Trinajstić information content (AvgIpc) is 0.810. The summed E-state index contributed by atoms with van der Waals surface area (Å²) in [7, 11) is 9.06. The first-order valence-corrected chi connectivity index (χ1v) is 38.8. The van der Waals surface area contributed by atoms with Crippen molar-refractivity contribution in [3.8, 4) is 51.7 Å². The predicted octanol–water partition coefficient (Wildman–Crippen LogP) is 22.8. The Morgan fingerprint density at radius 2 is 0.643 bits per heavy atom. The molecule has 0 heterocycles. The van der Waals surface area contributed by atoms with Crippen LogP contribution in [-0.2, 0) is 80.9 Å². The minimum Gasteiger partial charge on any atom is -0.508 e. The van der Waals surface area contributed by atoms with Gasteiger partial charge in [0.1, 0.15) is 17.2 Å². The molecule has 112 heavy (non-hydrogen) atoms. The number of hydrogen-bond donors (Lipinski definition) is 1. The van der Waals surface area contributed by atoms with Gasteiger partial charge in [-0.25, -0.2) is 0 Å². The lowest BCUT2D eigenvalue weighted by atomic mass is 9.87. The SMILES string of the molecule is C.C.C.C.C.C.C.C.CC(C)(C)c1ccc(O)cc1.CCOC(C)Oc1ccc(C(C)(C)C)cc1.CCOC(C)Oc1ccc([Si](OC)(OC)OC)cc1.CCO[Si](COc1ccc(COC)cc1OC)(OCC)OCC.COCc1ccc(OCC(C)(C)C)c(OC)c1.COCc1ccc(OCC(C)(C)C)c(OC)c1.Cl. The summed E-state index contributed by atoms with van der Waals surface area (Å²) in [6.07, 6.45) is -0.224. The van der Waals surface area contributed by atoms with Crippen LogP contribution in [0.15, 0.2) is 127 Å². The molecular weight excluding hydrogens is 1480 g/mol. The van der Waals surface area contributed by atoms with Gasteiger partial charge in [-0.05, 0) is 171 Å². The Kier molecular flexibility index (Phi) is 72.0. The van der Waals surface area contributed by atoms with E-state index in [9.17, 15) is 0 Å². The van der Waals surface area contributed by atoms with E-state index in [1.807, 2.05) is 152 Å². The molecule has 0 aliphatic heterocycles. The normalized spacial score (nSPS) is 11.1. The van der Waals surface area contributed by atoms with Crippen molar-refractivity contribution >= 4 is 35.2 Å². The Morgan fingerprint density at radius 1 is 0.357 bits per heavy atom. The van der Waals surface area contributed by atoms with Crippen molar-refractivity contribution in [3.05, 3.63) is 155 Å². The summed E-state index contributed by atoms with van der Waals surface area (Å²) in [5.41, 5.74) is 6.35. The molecule has 6 aromatic rings.